The number of anilines is 2. The van der Waals surface area contributed by atoms with Crippen molar-refractivity contribution >= 4 is 21.5 Å². The molecule has 0 unspecified atom stereocenters. The summed E-state index contributed by atoms with van der Waals surface area (Å²) in [6, 6.07) is 0.272. The second-order valence-electron chi connectivity index (χ2n) is 4.27. The number of rotatable bonds is 2. The van der Waals surface area contributed by atoms with Crippen LogP contribution in [-0.4, -0.2) is 45.5 Å². The maximum absolute atomic E-state index is 11.6. The Balaban J connectivity index is 2.39. The quantitative estimate of drug-likeness (QED) is 0.736. The zero-order valence-electron chi connectivity index (χ0n) is 9.80. The average molecular weight is 260 g/mol. The van der Waals surface area contributed by atoms with E-state index < -0.39 is 9.84 Å². The minimum atomic E-state index is -3.43. The van der Waals surface area contributed by atoms with E-state index in [-0.39, 0.29) is 16.8 Å². The summed E-state index contributed by atoms with van der Waals surface area (Å²) < 4.78 is 28.1. The number of nitrogens with zero attached hydrogens (tertiary/aromatic N) is 2. The summed E-state index contributed by atoms with van der Waals surface area (Å²) in [5.41, 5.74) is 5.52. The van der Waals surface area contributed by atoms with Gasteiger partial charge in [0.2, 0.25) is 5.88 Å². The van der Waals surface area contributed by atoms with E-state index in [1.165, 1.54) is 0 Å². The summed E-state index contributed by atoms with van der Waals surface area (Å²) in [6.07, 6.45) is 1.10. The van der Waals surface area contributed by atoms with Gasteiger partial charge in [0, 0.05) is 31.9 Å². The first-order valence-corrected chi connectivity index (χ1v) is 7.22. The molecule has 3 N–H and O–H groups in total. The minimum absolute atomic E-state index is 0.00778. The third kappa shape index (κ3) is 2.37. The largest absolute Gasteiger partial charge is 0.366 e. The molecule has 0 aromatic carbocycles. The van der Waals surface area contributed by atoms with Crippen molar-refractivity contribution in [1.82, 2.24) is 10.5 Å². The molecule has 1 aromatic rings. The van der Waals surface area contributed by atoms with Gasteiger partial charge in [0.1, 0.15) is 0 Å². The lowest BCUT2D eigenvalue weighted by molar-refractivity contribution is 0.425. The van der Waals surface area contributed by atoms with E-state index in [2.05, 4.69) is 10.5 Å². The summed E-state index contributed by atoms with van der Waals surface area (Å²) in [5.74, 6) is 0.173. The third-order valence-electron chi connectivity index (χ3n) is 2.70. The topological polar surface area (TPSA) is 101 Å². The second-order valence-corrected chi connectivity index (χ2v) is 6.23. The highest BCUT2D eigenvalue weighted by Gasteiger charge is 2.29. The predicted molar refractivity (Wildman–Crippen MR) is 63.7 cm³/mol. The molecule has 1 fully saturated rings. The molecule has 0 saturated carbocycles. The Hall–Kier alpha value is -1.28. The molecular weight excluding hydrogens is 244 g/mol. The number of aromatic nitrogens is 1. The van der Waals surface area contributed by atoms with Crippen molar-refractivity contribution in [2.45, 2.75) is 17.9 Å². The Morgan fingerprint density at radius 2 is 2.29 bits per heavy atom. The lowest BCUT2D eigenvalue weighted by Crippen LogP contribution is -2.49. The smallest absolute Gasteiger partial charge is 0.243 e. The third-order valence-corrected chi connectivity index (χ3v) is 3.82. The highest BCUT2D eigenvalue weighted by Crippen LogP contribution is 2.30. The molecule has 1 atom stereocenters. The zero-order valence-corrected chi connectivity index (χ0v) is 10.6. The van der Waals surface area contributed by atoms with Crippen LogP contribution in [0.25, 0.3) is 0 Å². The van der Waals surface area contributed by atoms with Gasteiger partial charge in [0.05, 0.1) is 0 Å². The molecule has 0 radical (unpaired) electrons. The fourth-order valence-electron chi connectivity index (χ4n) is 1.96. The Bertz CT molecular complexity index is 510. The number of hydrogen-bond acceptors (Lipinski definition) is 7. The highest BCUT2D eigenvalue weighted by molar-refractivity contribution is 7.91. The van der Waals surface area contributed by atoms with Crippen molar-refractivity contribution in [3.8, 4) is 0 Å². The molecule has 7 nitrogen and oxygen atoms in total. The van der Waals surface area contributed by atoms with Crippen LogP contribution in [-0.2, 0) is 9.84 Å². The number of nitrogens with one attached hydrogen (secondary N) is 1. The first-order valence-electron chi connectivity index (χ1n) is 5.33. The molecule has 1 saturated heterocycles. The number of nitrogens with two attached hydrogens (primary N) is 1. The molecule has 2 heterocycles. The number of piperazine rings is 1. The highest BCUT2D eigenvalue weighted by atomic mass is 32.2. The monoisotopic (exact) mass is 260 g/mol. The Morgan fingerprint density at radius 3 is 2.88 bits per heavy atom. The van der Waals surface area contributed by atoms with Crippen molar-refractivity contribution < 1.29 is 12.9 Å². The Morgan fingerprint density at radius 1 is 1.59 bits per heavy atom. The Kier molecular flexibility index (Phi) is 3.00. The van der Waals surface area contributed by atoms with Crippen molar-refractivity contribution in [1.29, 1.82) is 0 Å². The van der Waals surface area contributed by atoms with Crippen LogP contribution in [0.15, 0.2) is 9.42 Å². The fraction of sp³-hybridized carbons (Fsp3) is 0.667. The van der Waals surface area contributed by atoms with Gasteiger partial charge in [-0.15, -0.1) is 0 Å². The summed E-state index contributed by atoms with van der Waals surface area (Å²) in [7, 11) is -3.43. The molecule has 8 heteroatoms. The number of nitrogen functional groups attached to an aromatic ring is 1. The molecule has 0 aliphatic carbocycles. The molecule has 96 valence electrons. The molecule has 0 amide bonds. The standard InChI is InChI=1S/C9H16N4O3S/c1-6-5-13(4-3-11-6)9-7(17(2,14)15)8(10)16-12-9/h6,11H,3-5,10H2,1-2H3/t6-/m0/s1. The maximum atomic E-state index is 11.6. The van der Waals surface area contributed by atoms with Crippen molar-refractivity contribution in [3.05, 3.63) is 0 Å². The van der Waals surface area contributed by atoms with Crippen LogP contribution in [0, 0.1) is 0 Å². The number of hydrogen-bond donors (Lipinski definition) is 2. The van der Waals surface area contributed by atoms with Gasteiger partial charge in [-0.2, -0.15) is 0 Å². The molecule has 1 aromatic heterocycles. The SMILES string of the molecule is C[C@H]1CN(c2noc(N)c2S(C)(=O)=O)CCN1. The Labute approximate surface area is 99.9 Å². The molecular formula is C9H16N4O3S. The van der Waals surface area contributed by atoms with Gasteiger partial charge in [-0.05, 0) is 6.92 Å². The van der Waals surface area contributed by atoms with E-state index in [1.807, 2.05) is 11.8 Å². The van der Waals surface area contributed by atoms with Crippen molar-refractivity contribution in [2.75, 3.05) is 36.5 Å². The van der Waals surface area contributed by atoms with E-state index in [1.54, 1.807) is 0 Å². The van der Waals surface area contributed by atoms with Crippen LogP contribution in [0.2, 0.25) is 0 Å². The van der Waals surface area contributed by atoms with E-state index in [0.717, 1.165) is 12.8 Å². The van der Waals surface area contributed by atoms with Crippen molar-refractivity contribution in [2.24, 2.45) is 0 Å². The predicted octanol–water partition coefficient (Wildman–Crippen LogP) is -0.542. The molecule has 1 aliphatic heterocycles. The van der Waals surface area contributed by atoms with Gasteiger partial charge >= 0.3 is 0 Å². The van der Waals surface area contributed by atoms with Gasteiger partial charge < -0.3 is 20.5 Å². The first kappa shape index (κ1) is 12.2. The fourth-order valence-corrected chi connectivity index (χ4v) is 2.86. The van der Waals surface area contributed by atoms with Crippen LogP contribution < -0.4 is 16.0 Å². The molecule has 0 bridgehead atoms. The van der Waals surface area contributed by atoms with E-state index in [9.17, 15) is 8.42 Å². The van der Waals surface area contributed by atoms with Crippen LogP contribution >= 0.6 is 0 Å². The normalized spacial score (nSPS) is 21.8. The van der Waals surface area contributed by atoms with Crippen LogP contribution in [0.1, 0.15) is 6.92 Å². The van der Waals surface area contributed by atoms with Crippen LogP contribution in [0.3, 0.4) is 0 Å². The van der Waals surface area contributed by atoms with E-state index in [4.69, 9.17) is 10.3 Å². The average Bonchev–Trinajstić information content (AvgIpc) is 2.59. The number of sulfone groups is 1. The lowest BCUT2D eigenvalue weighted by atomic mass is 10.2. The van der Waals surface area contributed by atoms with Gasteiger partial charge in [-0.3, -0.25) is 0 Å². The lowest BCUT2D eigenvalue weighted by Gasteiger charge is -2.31. The maximum Gasteiger partial charge on any atom is 0.243 e. The van der Waals surface area contributed by atoms with Crippen LogP contribution in [0.5, 0.6) is 0 Å². The van der Waals surface area contributed by atoms with Gasteiger partial charge in [-0.25, -0.2) is 8.42 Å². The zero-order chi connectivity index (χ0) is 12.6. The molecule has 17 heavy (non-hydrogen) atoms. The van der Waals surface area contributed by atoms with Gasteiger partial charge in [0.15, 0.2) is 20.6 Å². The summed E-state index contributed by atoms with van der Waals surface area (Å²) >= 11 is 0. The molecule has 2 rings (SSSR count). The first-order chi connectivity index (χ1) is 7.89. The van der Waals surface area contributed by atoms with Gasteiger partial charge in [-0.1, -0.05) is 5.16 Å². The van der Waals surface area contributed by atoms with E-state index >= 15 is 0 Å². The van der Waals surface area contributed by atoms with Crippen molar-refractivity contribution in [3.63, 3.8) is 0 Å². The summed E-state index contributed by atoms with van der Waals surface area (Å²) in [5, 5.41) is 7.03. The second kappa shape index (κ2) is 4.19. The van der Waals surface area contributed by atoms with Gasteiger partial charge in [0.25, 0.3) is 0 Å². The molecule has 0 spiro atoms. The van der Waals surface area contributed by atoms with E-state index in [0.29, 0.717) is 18.9 Å². The minimum Gasteiger partial charge on any atom is -0.366 e. The summed E-state index contributed by atoms with van der Waals surface area (Å²) in [4.78, 5) is 1.86. The van der Waals surface area contributed by atoms with Crippen LogP contribution in [0.4, 0.5) is 11.7 Å². The molecule has 1 aliphatic rings. The summed E-state index contributed by atoms with van der Waals surface area (Å²) in [6.45, 7) is 4.15.